The number of hydrogen-bond acceptors (Lipinski definition) is 4. The highest BCUT2D eigenvalue weighted by Crippen LogP contribution is 2.24. The quantitative estimate of drug-likeness (QED) is 0.612. The molecule has 1 aliphatic rings. The average Bonchev–Trinajstić information content (AvgIpc) is 2.26. The lowest BCUT2D eigenvalue weighted by molar-refractivity contribution is -0.0751. The Balaban J connectivity index is 2.25. The van der Waals surface area contributed by atoms with Crippen molar-refractivity contribution in [3.63, 3.8) is 0 Å². The predicted molar refractivity (Wildman–Crippen MR) is 72.1 cm³/mol. The highest BCUT2D eigenvalue weighted by atomic mass is 16.5. The average molecular weight is 248 g/mol. The zero-order valence-corrected chi connectivity index (χ0v) is 11.1. The molecule has 0 radical (unpaired) electrons. The van der Waals surface area contributed by atoms with Crippen molar-refractivity contribution in [2.75, 3.05) is 18.0 Å². The Morgan fingerprint density at radius 3 is 2.89 bits per heavy atom. The molecule has 2 rings (SSSR count). The van der Waals surface area contributed by atoms with Gasteiger partial charge < -0.3 is 15.4 Å². The summed E-state index contributed by atoms with van der Waals surface area (Å²) in [5.41, 5.74) is 5.80. The largest absolute Gasteiger partial charge is 0.382 e. The fourth-order valence-electron chi connectivity index (χ4n) is 2.38. The summed E-state index contributed by atoms with van der Waals surface area (Å²) >= 11 is 0. The van der Waals surface area contributed by atoms with Gasteiger partial charge in [-0.1, -0.05) is 6.07 Å². The van der Waals surface area contributed by atoms with Gasteiger partial charge >= 0.3 is 0 Å². The van der Waals surface area contributed by atoms with E-state index in [4.69, 9.17) is 15.9 Å². The third-order valence-electron chi connectivity index (χ3n) is 2.90. The summed E-state index contributed by atoms with van der Waals surface area (Å²) in [6.07, 6.45) is 0.163. The van der Waals surface area contributed by atoms with Crippen molar-refractivity contribution in [1.29, 1.82) is 5.41 Å². The number of pyridine rings is 1. The number of morpholine rings is 1. The van der Waals surface area contributed by atoms with Crippen molar-refractivity contribution >= 4 is 11.7 Å². The molecular weight excluding hydrogens is 228 g/mol. The molecule has 1 unspecified atom stereocenters. The minimum atomic E-state index is -0.189. The van der Waals surface area contributed by atoms with E-state index in [0.717, 1.165) is 18.9 Å². The fraction of sp³-hybridized carbons (Fsp3) is 0.538. The molecule has 1 aromatic heterocycles. The number of nitrogens with zero attached hydrogens (tertiary/aromatic N) is 2. The Kier molecular flexibility index (Phi) is 3.26. The fourth-order valence-corrected chi connectivity index (χ4v) is 2.38. The first kappa shape index (κ1) is 12.8. The molecule has 5 nitrogen and oxygen atoms in total. The van der Waals surface area contributed by atoms with Gasteiger partial charge in [-0.2, -0.15) is 0 Å². The first-order valence-corrected chi connectivity index (χ1v) is 6.11. The number of nitrogen functional groups attached to an aromatic ring is 1. The maximum absolute atomic E-state index is 7.44. The monoisotopic (exact) mass is 248 g/mol. The van der Waals surface area contributed by atoms with Crippen LogP contribution in [0.4, 0.5) is 5.82 Å². The maximum atomic E-state index is 7.44. The summed E-state index contributed by atoms with van der Waals surface area (Å²) in [5, 5.41) is 7.44. The molecule has 0 spiro atoms. The number of amidine groups is 1. The molecule has 1 atom stereocenters. The van der Waals surface area contributed by atoms with Crippen LogP contribution in [0.1, 0.15) is 26.5 Å². The lowest BCUT2D eigenvalue weighted by Crippen LogP contribution is -2.52. The van der Waals surface area contributed by atoms with Crippen LogP contribution in [-0.2, 0) is 4.74 Å². The van der Waals surface area contributed by atoms with Gasteiger partial charge in [-0.15, -0.1) is 0 Å². The van der Waals surface area contributed by atoms with Crippen molar-refractivity contribution in [2.24, 2.45) is 5.73 Å². The van der Waals surface area contributed by atoms with Gasteiger partial charge in [-0.05, 0) is 32.9 Å². The molecular formula is C13H20N4O. The summed E-state index contributed by atoms with van der Waals surface area (Å²) in [7, 11) is 0. The van der Waals surface area contributed by atoms with Crippen LogP contribution >= 0.6 is 0 Å². The minimum absolute atomic E-state index is 0.00239. The molecule has 1 aliphatic heterocycles. The number of rotatable bonds is 2. The maximum Gasteiger partial charge on any atom is 0.141 e. The number of nitrogens with one attached hydrogen (secondary N) is 1. The Labute approximate surface area is 107 Å². The van der Waals surface area contributed by atoms with Crippen LogP contribution < -0.4 is 10.6 Å². The van der Waals surface area contributed by atoms with E-state index >= 15 is 0 Å². The van der Waals surface area contributed by atoms with E-state index in [1.165, 1.54) is 0 Å². The van der Waals surface area contributed by atoms with Crippen molar-refractivity contribution in [2.45, 2.75) is 32.5 Å². The van der Waals surface area contributed by atoms with Gasteiger partial charge in [0.1, 0.15) is 17.3 Å². The first-order chi connectivity index (χ1) is 8.37. The Morgan fingerprint density at radius 2 is 2.28 bits per heavy atom. The van der Waals surface area contributed by atoms with Gasteiger partial charge in [0.25, 0.3) is 0 Å². The second kappa shape index (κ2) is 4.57. The van der Waals surface area contributed by atoms with Crippen molar-refractivity contribution in [3.8, 4) is 0 Å². The second-order valence-electron chi connectivity index (χ2n) is 5.36. The van der Waals surface area contributed by atoms with Gasteiger partial charge in [-0.25, -0.2) is 4.98 Å². The van der Waals surface area contributed by atoms with Crippen LogP contribution in [0.15, 0.2) is 18.2 Å². The predicted octanol–water partition coefficient (Wildman–Crippen LogP) is 1.37. The molecule has 0 aromatic carbocycles. The van der Waals surface area contributed by atoms with Crippen molar-refractivity contribution in [3.05, 3.63) is 23.9 Å². The van der Waals surface area contributed by atoms with Gasteiger partial charge in [0, 0.05) is 13.1 Å². The lowest BCUT2D eigenvalue weighted by atomic mass is 10.1. The van der Waals surface area contributed by atoms with Crippen molar-refractivity contribution in [1.82, 2.24) is 4.98 Å². The SMILES string of the molecule is CC1CN(c2cccc(C(=N)N)n2)CC(C)(C)O1. The standard InChI is InChI=1S/C13H20N4O/c1-9-7-17(8-13(2,3)18-9)11-6-4-5-10(16-11)12(14)15/h4-6,9H,7-8H2,1-3H3,(H3,14,15). The molecule has 0 bridgehead atoms. The number of ether oxygens (including phenoxy) is 1. The van der Waals surface area contributed by atoms with E-state index in [1.54, 1.807) is 6.07 Å². The van der Waals surface area contributed by atoms with E-state index in [-0.39, 0.29) is 17.5 Å². The third-order valence-corrected chi connectivity index (χ3v) is 2.90. The van der Waals surface area contributed by atoms with E-state index in [1.807, 2.05) is 12.1 Å². The minimum Gasteiger partial charge on any atom is -0.382 e. The van der Waals surface area contributed by atoms with E-state index in [0.29, 0.717) is 5.69 Å². The van der Waals surface area contributed by atoms with Crippen LogP contribution in [-0.4, -0.2) is 35.6 Å². The summed E-state index contributed by atoms with van der Waals surface area (Å²) in [6, 6.07) is 5.58. The topological polar surface area (TPSA) is 75.2 Å². The van der Waals surface area contributed by atoms with Gasteiger partial charge in [-0.3, -0.25) is 5.41 Å². The smallest absolute Gasteiger partial charge is 0.141 e. The highest BCUT2D eigenvalue weighted by Gasteiger charge is 2.31. The Bertz CT molecular complexity index is 458. The first-order valence-electron chi connectivity index (χ1n) is 6.11. The molecule has 2 heterocycles. The normalized spacial score (nSPS) is 22.8. The summed E-state index contributed by atoms with van der Waals surface area (Å²) in [6.45, 7) is 7.79. The van der Waals surface area contributed by atoms with Crippen LogP contribution in [0.25, 0.3) is 0 Å². The molecule has 0 aliphatic carbocycles. The number of hydrogen-bond donors (Lipinski definition) is 2. The second-order valence-corrected chi connectivity index (χ2v) is 5.36. The Morgan fingerprint density at radius 1 is 1.56 bits per heavy atom. The zero-order valence-electron chi connectivity index (χ0n) is 11.1. The molecule has 1 aromatic rings. The molecule has 1 saturated heterocycles. The van der Waals surface area contributed by atoms with E-state index < -0.39 is 0 Å². The lowest BCUT2D eigenvalue weighted by Gasteiger charge is -2.42. The molecule has 98 valence electrons. The summed E-state index contributed by atoms with van der Waals surface area (Å²) < 4.78 is 5.87. The highest BCUT2D eigenvalue weighted by molar-refractivity contribution is 5.93. The molecule has 1 fully saturated rings. The number of nitrogens with two attached hydrogens (primary N) is 1. The Hall–Kier alpha value is -1.62. The molecule has 5 heteroatoms. The van der Waals surface area contributed by atoms with Crippen LogP contribution in [0.2, 0.25) is 0 Å². The summed E-state index contributed by atoms with van der Waals surface area (Å²) in [4.78, 5) is 6.60. The van der Waals surface area contributed by atoms with E-state index in [2.05, 4.69) is 30.7 Å². The van der Waals surface area contributed by atoms with Crippen LogP contribution in [0.3, 0.4) is 0 Å². The van der Waals surface area contributed by atoms with Crippen LogP contribution in [0, 0.1) is 5.41 Å². The van der Waals surface area contributed by atoms with Gasteiger partial charge in [0.15, 0.2) is 0 Å². The summed E-state index contributed by atoms with van der Waals surface area (Å²) in [5.74, 6) is 0.850. The molecule has 0 amide bonds. The van der Waals surface area contributed by atoms with Crippen LogP contribution in [0.5, 0.6) is 0 Å². The molecule has 18 heavy (non-hydrogen) atoms. The molecule has 0 saturated carbocycles. The van der Waals surface area contributed by atoms with Gasteiger partial charge in [0.2, 0.25) is 0 Å². The molecule has 3 N–H and O–H groups in total. The van der Waals surface area contributed by atoms with Gasteiger partial charge in [0.05, 0.1) is 11.7 Å². The number of aromatic nitrogens is 1. The third kappa shape index (κ3) is 2.79. The van der Waals surface area contributed by atoms with E-state index in [9.17, 15) is 0 Å². The number of anilines is 1. The van der Waals surface area contributed by atoms with Crippen molar-refractivity contribution < 1.29 is 4.74 Å². The zero-order chi connectivity index (χ0) is 13.3.